The van der Waals surface area contributed by atoms with Gasteiger partial charge in [-0.3, -0.25) is 14.4 Å². The third-order valence-corrected chi connectivity index (χ3v) is 2.89. The van der Waals surface area contributed by atoms with Gasteiger partial charge in [-0.25, -0.2) is 0 Å². The summed E-state index contributed by atoms with van der Waals surface area (Å²) >= 11 is 0. The van der Waals surface area contributed by atoms with Gasteiger partial charge in [0.15, 0.2) is 11.6 Å². The van der Waals surface area contributed by atoms with E-state index in [4.69, 9.17) is 0 Å². The second-order valence-corrected chi connectivity index (χ2v) is 4.45. The molecular formula is C16H18O3. The zero-order valence-electron chi connectivity index (χ0n) is 11.5. The van der Waals surface area contributed by atoms with Crippen molar-refractivity contribution in [1.82, 2.24) is 0 Å². The average Bonchev–Trinajstić information content (AvgIpc) is 2.39. The molecular weight excluding hydrogens is 240 g/mol. The van der Waals surface area contributed by atoms with Gasteiger partial charge in [0, 0.05) is 12.5 Å². The smallest absolute Gasteiger partial charge is 0.205 e. The van der Waals surface area contributed by atoms with Crippen molar-refractivity contribution in [3.8, 4) is 0 Å². The number of carbonyl (C=O) groups is 3. The van der Waals surface area contributed by atoms with Gasteiger partial charge in [-0.1, -0.05) is 37.3 Å². The molecule has 3 heteroatoms. The highest BCUT2D eigenvalue weighted by Gasteiger charge is 2.15. The summed E-state index contributed by atoms with van der Waals surface area (Å²) in [5.74, 6) is -1.54. The van der Waals surface area contributed by atoms with E-state index in [0.717, 1.165) is 17.6 Å². The average molecular weight is 258 g/mol. The lowest BCUT2D eigenvalue weighted by molar-refractivity contribution is -0.134. The Hall–Kier alpha value is -2.03. The number of hydrogen-bond donors (Lipinski definition) is 0. The van der Waals surface area contributed by atoms with Crippen molar-refractivity contribution in [3.05, 3.63) is 41.5 Å². The maximum Gasteiger partial charge on any atom is 0.205 e. The normalized spacial score (nSPS) is 11.2. The van der Waals surface area contributed by atoms with Crippen LogP contribution in [0.3, 0.4) is 0 Å². The van der Waals surface area contributed by atoms with Crippen LogP contribution in [0.2, 0.25) is 0 Å². The van der Waals surface area contributed by atoms with E-state index in [-0.39, 0.29) is 12.2 Å². The minimum atomic E-state index is -0.642. The molecule has 0 aliphatic carbocycles. The number of rotatable bonds is 6. The standard InChI is InChI=1S/C16H18O3/c1-4-5-11(2)13-6-8-14(9-7-13)16(19)10-15(18)12(3)17/h5-9H,4,10H2,1-3H3/b11-5-. The van der Waals surface area contributed by atoms with Crippen LogP contribution in [0.1, 0.15) is 49.5 Å². The first-order chi connectivity index (χ1) is 8.95. The molecule has 0 saturated carbocycles. The molecule has 0 radical (unpaired) electrons. The molecule has 0 fully saturated rings. The Bertz CT molecular complexity index is 521. The molecule has 1 aromatic rings. The van der Waals surface area contributed by atoms with E-state index in [0.29, 0.717) is 5.56 Å². The highest BCUT2D eigenvalue weighted by Crippen LogP contribution is 2.16. The molecule has 19 heavy (non-hydrogen) atoms. The number of allylic oxidation sites excluding steroid dienone is 2. The molecule has 0 bridgehead atoms. The fourth-order valence-corrected chi connectivity index (χ4v) is 1.72. The molecule has 100 valence electrons. The highest BCUT2D eigenvalue weighted by atomic mass is 16.2. The maximum atomic E-state index is 11.8. The third-order valence-electron chi connectivity index (χ3n) is 2.89. The Morgan fingerprint density at radius 3 is 2.00 bits per heavy atom. The first kappa shape index (κ1) is 15.0. The molecule has 0 spiro atoms. The van der Waals surface area contributed by atoms with E-state index >= 15 is 0 Å². The zero-order chi connectivity index (χ0) is 14.4. The first-order valence-corrected chi connectivity index (χ1v) is 6.29. The van der Waals surface area contributed by atoms with Crippen molar-refractivity contribution in [2.75, 3.05) is 0 Å². The highest BCUT2D eigenvalue weighted by molar-refractivity contribution is 6.40. The Balaban J connectivity index is 2.82. The van der Waals surface area contributed by atoms with Gasteiger partial charge in [-0.05, 0) is 24.5 Å². The van der Waals surface area contributed by atoms with Crippen LogP contribution in [0.5, 0.6) is 0 Å². The number of ketones is 3. The molecule has 3 nitrogen and oxygen atoms in total. The van der Waals surface area contributed by atoms with Crippen LogP contribution in [0.15, 0.2) is 30.3 Å². The van der Waals surface area contributed by atoms with Crippen molar-refractivity contribution in [2.24, 2.45) is 0 Å². The minimum absolute atomic E-state index is 0.316. The number of hydrogen-bond acceptors (Lipinski definition) is 3. The summed E-state index contributed by atoms with van der Waals surface area (Å²) < 4.78 is 0. The second kappa shape index (κ2) is 6.78. The SMILES string of the molecule is CC/C=C(/C)c1ccc(C(=O)CC(=O)C(C)=O)cc1. The molecule has 0 atom stereocenters. The predicted octanol–water partition coefficient (Wildman–Crippen LogP) is 3.23. The zero-order valence-corrected chi connectivity index (χ0v) is 11.5. The number of Topliss-reactive ketones (excluding diaryl/α,β-unsaturated/α-hetero) is 3. The minimum Gasteiger partial charge on any atom is -0.294 e. The second-order valence-electron chi connectivity index (χ2n) is 4.45. The Morgan fingerprint density at radius 1 is 1.00 bits per heavy atom. The van der Waals surface area contributed by atoms with Crippen molar-refractivity contribution in [2.45, 2.75) is 33.6 Å². The fourth-order valence-electron chi connectivity index (χ4n) is 1.72. The summed E-state index contributed by atoms with van der Waals surface area (Å²) in [5.41, 5.74) is 2.67. The van der Waals surface area contributed by atoms with Crippen molar-refractivity contribution in [3.63, 3.8) is 0 Å². The van der Waals surface area contributed by atoms with E-state index in [9.17, 15) is 14.4 Å². The lowest BCUT2D eigenvalue weighted by Crippen LogP contribution is -2.15. The monoisotopic (exact) mass is 258 g/mol. The molecule has 0 unspecified atom stereocenters. The van der Waals surface area contributed by atoms with Crippen LogP contribution in [0.4, 0.5) is 0 Å². The van der Waals surface area contributed by atoms with Crippen LogP contribution in [-0.2, 0) is 9.59 Å². The van der Waals surface area contributed by atoms with Gasteiger partial charge < -0.3 is 0 Å². The van der Waals surface area contributed by atoms with Crippen molar-refractivity contribution < 1.29 is 14.4 Å². The Kier molecular flexibility index (Phi) is 5.37. The molecule has 0 amide bonds. The van der Waals surface area contributed by atoms with E-state index in [2.05, 4.69) is 13.0 Å². The lowest BCUT2D eigenvalue weighted by Gasteiger charge is -2.03. The van der Waals surface area contributed by atoms with Gasteiger partial charge in [0.25, 0.3) is 0 Å². The largest absolute Gasteiger partial charge is 0.294 e. The maximum absolute atomic E-state index is 11.8. The van der Waals surface area contributed by atoms with Crippen LogP contribution in [-0.4, -0.2) is 17.3 Å². The van der Waals surface area contributed by atoms with Gasteiger partial charge in [-0.15, -0.1) is 0 Å². The van der Waals surface area contributed by atoms with Gasteiger partial charge in [0.05, 0.1) is 6.42 Å². The van der Waals surface area contributed by atoms with Crippen LogP contribution in [0, 0.1) is 0 Å². The molecule has 0 aliphatic heterocycles. The molecule has 0 aromatic heterocycles. The predicted molar refractivity (Wildman–Crippen MR) is 75.0 cm³/mol. The summed E-state index contributed by atoms with van der Waals surface area (Å²) in [6, 6.07) is 7.09. The van der Waals surface area contributed by atoms with Gasteiger partial charge >= 0.3 is 0 Å². The summed E-state index contributed by atoms with van der Waals surface area (Å²) in [7, 11) is 0. The molecule has 0 aliphatic rings. The van der Waals surface area contributed by atoms with Crippen molar-refractivity contribution in [1.29, 1.82) is 0 Å². The Labute approximate surface area is 113 Å². The van der Waals surface area contributed by atoms with Gasteiger partial charge in [-0.2, -0.15) is 0 Å². The molecule has 0 saturated heterocycles. The molecule has 1 aromatic carbocycles. The van der Waals surface area contributed by atoms with Crippen LogP contribution >= 0.6 is 0 Å². The fraction of sp³-hybridized carbons (Fsp3) is 0.312. The summed E-state index contributed by atoms with van der Waals surface area (Å²) in [4.78, 5) is 33.8. The third kappa shape index (κ3) is 4.28. The molecule has 0 heterocycles. The molecule has 1 rings (SSSR count). The van der Waals surface area contributed by atoms with Crippen LogP contribution in [0.25, 0.3) is 5.57 Å². The van der Waals surface area contributed by atoms with E-state index in [1.807, 2.05) is 19.1 Å². The van der Waals surface area contributed by atoms with E-state index in [1.165, 1.54) is 6.92 Å². The number of carbonyl (C=O) groups excluding carboxylic acids is 3. The number of benzene rings is 1. The summed E-state index contributed by atoms with van der Waals surface area (Å²) in [6.45, 7) is 5.26. The van der Waals surface area contributed by atoms with Crippen molar-refractivity contribution >= 4 is 22.9 Å². The van der Waals surface area contributed by atoms with E-state index < -0.39 is 11.6 Å². The quantitative estimate of drug-likeness (QED) is 0.447. The van der Waals surface area contributed by atoms with E-state index in [1.54, 1.807) is 12.1 Å². The van der Waals surface area contributed by atoms with Gasteiger partial charge in [0.1, 0.15) is 0 Å². The first-order valence-electron chi connectivity index (χ1n) is 6.29. The Morgan fingerprint density at radius 2 is 1.53 bits per heavy atom. The topological polar surface area (TPSA) is 51.2 Å². The van der Waals surface area contributed by atoms with Gasteiger partial charge in [0.2, 0.25) is 5.78 Å². The summed E-state index contributed by atoms with van der Waals surface area (Å²) in [5, 5.41) is 0. The summed E-state index contributed by atoms with van der Waals surface area (Å²) in [6.07, 6.45) is 2.72. The van der Waals surface area contributed by atoms with Crippen LogP contribution < -0.4 is 0 Å². The lowest BCUT2D eigenvalue weighted by atomic mass is 10.0. The molecule has 0 N–H and O–H groups in total.